The van der Waals surface area contributed by atoms with Crippen LogP contribution in [0.15, 0.2) is 29.6 Å². The average Bonchev–Trinajstić information content (AvgIpc) is 2.65. The van der Waals surface area contributed by atoms with Gasteiger partial charge < -0.3 is 16.2 Å². The molecule has 4 N–H and O–H groups in total. The van der Waals surface area contributed by atoms with E-state index in [1.807, 2.05) is 6.07 Å². The van der Waals surface area contributed by atoms with Gasteiger partial charge in [0.1, 0.15) is 5.69 Å². The second kappa shape index (κ2) is 4.69. The number of nitrogen functional groups attached to an aromatic ring is 1. The topological polar surface area (TPSA) is 71.2 Å². The molecule has 0 spiro atoms. The van der Waals surface area contributed by atoms with Gasteiger partial charge in [0.25, 0.3) is 0 Å². The number of halogens is 1. The molecule has 1 heterocycles. The Morgan fingerprint density at radius 1 is 1.50 bits per heavy atom. The lowest BCUT2D eigenvalue weighted by Crippen LogP contribution is -2.10. The summed E-state index contributed by atoms with van der Waals surface area (Å²) in [5.74, 6) is 0. The molecule has 16 heavy (non-hydrogen) atoms. The van der Waals surface area contributed by atoms with Crippen LogP contribution in [0.1, 0.15) is 11.9 Å². The summed E-state index contributed by atoms with van der Waals surface area (Å²) in [6.45, 7) is 0. The number of benzene rings is 1. The second-order valence-corrected chi connectivity index (χ2v) is 4.49. The summed E-state index contributed by atoms with van der Waals surface area (Å²) < 4.78 is 0. The Bertz CT molecular complexity index is 488. The van der Waals surface area contributed by atoms with Gasteiger partial charge in [-0.15, -0.1) is 11.3 Å². The maximum atomic E-state index is 9.81. The van der Waals surface area contributed by atoms with Crippen molar-refractivity contribution in [3.63, 3.8) is 0 Å². The summed E-state index contributed by atoms with van der Waals surface area (Å²) in [5.41, 5.74) is 6.71. The van der Waals surface area contributed by atoms with E-state index in [0.29, 0.717) is 15.8 Å². The van der Waals surface area contributed by atoms with Gasteiger partial charge >= 0.3 is 0 Å². The van der Waals surface area contributed by atoms with Gasteiger partial charge in [-0.2, -0.15) is 0 Å². The maximum absolute atomic E-state index is 9.81. The first-order valence-electron chi connectivity index (χ1n) is 4.56. The van der Waals surface area contributed by atoms with E-state index in [1.165, 1.54) is 11.3 Å². The molecule has 1 atom stereocenters. The van der Waals surface area contributed by atoms with Gasteiger partial charge in [-0.3, -0.25) is 0 Å². The van der Waals surface area contributed by atoms with Gasteiger partial charge in [0.15, 0.2) is 11.4 Å². The molecule has 6 heteroatoms. The predicted molar refractivity (Wildman–Crippen MR) is 66.6 cm³/mol. The van der Waals surface area contributed by atoms with Crippen LogP contribution >= 0.6 is 22.9 Å². The lowest BCUT2D eigenvalue weighted by atomic mass is 10.3. The molecule has 0 aliphatic rings. The summed E-state index contributed by atoms with van der Waals surface area (Å²) >= 11 is 7.11. The van der Waals surface area contributed by atoms with Crippen LogP contribution in [0.2, 0.25) is 5.02 Å². The lowest BCUT2D eigenvalue weighted by molar-refractivity contribution is 0.204. The van der Waals surface area contributed by atoms with Crippen molar-refractivity contribution in [2.45, 2.75) is 6.23 Å². The minimum Gasteiger partial charge on any atom is -0.375 e. The molecule has 0 amide bonds. The third-order valence-corrected chi connectivity index (χ3v) is 2.88. The van der Waals surface area contributed by atoms with E-state index in [1.54, 1.807) is 23.6 Å². The molecular formula is C10H10ClN3OS. The Kier molecular flexibility index (Phi) is 3.28. The zero-order valence-corrected chi connectivity index (χ0v) is 9.79. The van der Waals surface area contributed by atoms with Crippen LogP contribution in [-0.4, -0.2) is 10.1 Å². The number of hydrogen-bond donors (Lipinski definition) is 3. The summed E-state index contributed by atoms with van der Waals surface area (Å²) in [6.07, 6.45) is -0.882. The fourth-order valence-electron chi connectivity index (χ4n) is 1.24. The molecule has 2 rings (SSSR count). The third-order valence-electron chi connectivity index (χ3n) is 1.95. The number of nitrogens with one attached hydrogen (secondary N) is 1. The minimum atomic E-state index is -0.882. The quantitative estimate of drug-likeness (QED) is 0.737. The fourth-order valence-corrected chi connectivity index (χ4v) is 2.01. The van der Waals surface area contributed by atoms with Crippen molar-refractivity contribution in [1.82, 2.24) is 4.98 Å². The summed E-state index contributed by atoms with van der Waals surface area (Å²) in [5, 5.41) is 15.4. The molecule has 4 nitrogen and oxygen atoms in total. The lowest BCUT2D eigenvalue weighted by Gasteiger charge is -2.11. The van der Waals surface area contributed by atoms with Crippen molar-refractivity contribution in [3.05, 3.63) is 40.4 Å². The largest absolute Gasteiger partial charge is 0.375 e. The standard InChI is InChI=1S/C10H10ClN3OS/c11-6-2-1-3-7(4-6)13-9(15)8-5-16-10(12)14-8/h1-5,9,13,15H,(H2,12,14). The zero-order valence-electron chi connectivity index (χ0n) is 8.22. The normalized spacial score (nSPS) is 12.4. The highest BCUT2D eigenvalue weighted by atomic mass is 35.5. The molecule has 0 fully saturated rings. The monoisotopic (exact) mass is 255 g/mol. The smallest absolute Gasteiger partial charge is 0.180 e. The zero-order chi connectivity index (χ0) is 11.5. The molecule has 0 saturated carbocycles. The van der Waals surface area contributed by atoms with Crippen molar-refractivity contribution >= 4 is 33.8 Å². The average molecular weight is 256 g/mol. The van der Waals surface area contributed by atoms with Crippen LogP contribution in [0, 0.1) is 0 Å². The second-order valence-electron chi connectivity index (χ2n) is 3.17. The van der Waals surface area contributed by atoms with Crippen LogP contribution in [0.25, 0.3) is 0 Å². The fraction of sp³-hybridized carbons (Fsp3) is 0.100. The number of anilines is 2. The van der Waals surface area contributed by atoms with Gasteiger partial charge in [0.2, 0.25) is 0 Å². The van der Waals surface area contributed by atoms with Crippen LogP contribution in [0.5, 0.6) is 0 Å². The molecule has 2 aromatic rings. The Hall–Kier alpha value is -1.30. The third kappa shape index (κ3) is 2.63. The maximum Gasteiger partial charge on any atom is 0.180 e. The highest BCUT2D eigenvalue weighted by Crippen LogP contribution is 2.22. The SMILES string of the molecule is Nc1nc(C(O)Nc2cccc(Cl)c2)cs1. The molecule has 1 aromatic carbocycles. The summed E-state index contributed by atoms with van der Waals surface area (Å²) in [7, 11) is 0. The van der Waals surface area contributed by atoms with E-state index in [2.05, 4.69) is 10.3 Å². The number of nitrogens with zero attached hydrogens (tertiary/aromatic N) is 1. The number of nitrogens with two attached hydrogens (primary N) is 1. The highest BCUT2D eigenvalue weighted by Gasteiger charge is 2.10. The first-order valence-corrected chi connectivity index (χ1v) is 5.82. The van der Waals surface area contributed by atoms with Crippen LogP contribution in [0.4, 0.5) is 10.8 Å². The van der Waals surface area contributed by atoms with Gasteiger partial charge in [-0.05, 0) is 18.2 Å². The van der Waals surface area contributed by atoms with E-state index in [0.717, 1.165) is 5.69 Å². The highest BCUT2D eigenvalue weighted by molar-refractivity contribution is 7.13. The first-order chi connectivity index (χ1) is 7.65. The van der Waals surface area contributed by atoms with E-state index >= 15 is 0 Å². The molecule has 0 saturated heterocycles. The number of hydrogen-bond acceptors (Lipinski definition) is 5. The van der Waals surface area contributed by atoms with E-state index in [9.17, 15) is 5.11 Å². The van der Waals surface area contributed by atoms with Crippen LogP contribution < -0.4 is 11.1 Å². The Labute approximate surface area is 102 Å². The van der Waals surface area contributed by atoms with Crippen molar-refractivity contribution in [1.29, 1.82) is 0 Å². The Balaban J connectivity index is 2.10. The first kappa shape index (κ1) is 11.2. The number of thiazole rings is 1. The molecule has 0 aliphatic carbocycles. The minimum absolute atomic E-state index is 0.432. The van der Waals surface area contributed by atoms with Crippen LogP contribution in [0.3, 0.4) is 0 Å². The van der Waals surface area contributed by atoms with Crippen molar-refractivity contribution < 1.29 is 5.11 Å². The number of rotatable bonds is 3. The number of aliphatic hydroxyl groups excluding tert-OH is 1. The van der Waals surface area contributed by atoms with Crippen molar-refractivity contribution in [2.75, 3.05) is 11.1 Å². The molecule has 84 valence electrons. The predicted octanol–water partition coefficient (Wildman–Crippen LogP) is 2.48. The van der Waals surface area contributed by atoms with Gasteiger partial charge in [-0.1, -0.05) is 17.7 Å². The molecule has 0 bridgehead atoms. The summed E-state index contributed by atoms with van der Waals surface area (Å²) in [6, 6.07) is 7.10. The molecular weight excluding hydrogens is 246 g/mol. The molecule has 1 aromatic heterocycles. The number of aromatic nitrogens is 1. The molecule has 0 radical (unpaired) electrons. The van der Waals surface area contributed by atoms with Gasteiger partial charge in [0.05, 0.1) is 0 Å². The summed E-state index contributed by atoms with van der Waals surface area (Å²) in [4.78, 5) is 3.98. The van der Waals surface area contributed by atoms with E-state index in [4.69, 9.17) is 17.3 Å². The Morgan fingerprint density at radius 3 is 2.94 bits per heavy atom. The number of aliphatic hydroxyl groups is 1. The van der Waals surface area contributed by atoms with Crippen molar-refractivity contribution in [2.24, 2.45) is 0 Å². The Morgan fingerprint density at radius 2 is 2.31 bits per heavy atom. The van der Waals surface area contributed by atoms with Gasteiger partial charge in [0, 0.05) is 16.1 Å². The molecule has 0 aliphatic heterocycles. The van der Waals surface area contributed by atoms with Crippen molar-refractivity contribution in [3.8, 4) is 0 Å². The molecule has 1 unspecified atom stereocenters. The van der Waals surface area contributed by atoms with E-state index < -0.39 is 6.23 Å². The van der Waals surface area contributed by atoms with Crippen LogP contribution in [-0.2, 0) is 0 Å². The van der Waals surface area contributed by atoms with E-state index in [-0.39, 0.29) is 0 Å². The van der Waals surface area contributed by atoms with Gasteiger partial charge in [-0.25, -0.2) is 4.98 Å².